The molecule has 0 amide bonds. The fraction of sp³-hybridized carbons (Fsp3) is 0.200. The normalized spacial score (nSPS) is 17.6. The van der Waals surface area contributed by atoms with E-state index in [0.29, 0.717) is 0 Å². The van der Waals surface area contributed by atoms with Crippen molar-refractivity contribution in [3.8, 4) is 0 Å². The molecule has 0 spiro atoms. The van der Waals surface area contributed by atoms with E-state index in [4.69, 9.17) is 13.7 Å². The molecule has 0 bridgehead atoms. The van der Waals surface area contributed by atoms with Crippen molar-refractivity contribution in [3.63, 3.8) is 0 Å². The van der Waals surface area contributed by atoms with Crippen molar-refractivity contribution < 1.29 is 13.7 Å². The van der Waals surface area contributed by atoms with Crippen molar-refractivity contribution in [1.82, 2.24) is 0 Å². The number of hydrogen-bond donors (Lipinski definition) is 0. The molecular weight excluding hydrogens is 419 g/mol. The Bertz CT molecular complexity index is 1760. The Hall–Kier alpha value is -3.34. The van der Waals surface area contributed by atoms with Gasteiger partial charge in [0.15, 0.2) is 0 Å². The zero-order chi connectivity index (χ0) is 23.2. The highest BCUT2D eigenvalue weighted by Crippen LogP contribution is 2.40. The van der Waals surface area contributed by atoms with E-state index < -0.39 is 7.12 Å². The lowest BCUT2D eigenvalue weighted by molar-refractivity contribution is 0.00578. The van der Waals surface area contributed by atoms with Gasteiger partial charge in [-0.15, -0.1) is 0 Å². The quantitative estimate of drug-likeness (QED) is 0.196. The van der Waals surface area contributed by atoms with Crippen LogP contribution >= 0.6 is 0 Å². The molecule has 1 saturated heterocycles. The molecule has 0 radical (unpaired) electrons. The maximum absolute atomic E-state index is 6.41. The number of hydrogen-bond acceptors (Lipinski definition) is 3. The molecule has 1 aromatic heterocycles. The first-order chi connectivity index (χ1) is 16.3. The van der Waals surface area contributed by atoms with E-state index >= 15 is 0 Å². The molecule has 0 atom stereocenters. The fourth-order valence-corrected chi connectivity index (χ4v) is 5.32. The molecule has 3 nitrogen and oxygen atoms in total. The smallest absolute Gasteiger partial charge is 0.456 e. The summed E-state index contributed by atoms with van der Waals surface area (Å²) in [5.74, 6) is 0. The summed E-state index contributed by atoms with van der Waals surface area (Å²) in [6.45, 7) is 8.31. The fourth-order valence-electron chi connectivity index (χ4n) is 5.32. The largest absolute Gasteiger partial charge is 0.494 e. The van der Waals surface area contributed by atoms with Crippen molar-refractivity contribution in [2.24, 2.45) is 0 Å². The molecule has 1 aliphatic heterocycles. The van der Waals surface area contributed by atoms with Gasteiger partial charge in [0.25, 0.3) is 0 Å². The Morgan fingerprint density at radius 2 is 1.00 bits per heavy atom. The molecule has 5 aromatic carbocycles. The van der Waals surface area contributed by atoms with Gasteiger partial charge >= 0.3 is 7.12 Å². The van der Waals surface area contributed by atoms with Crippen LogP contribution in [0.2, 0.25) is 0 Å². The first kappa shape index (κ1) is 20.1. The summed E-state index contributed by atoms with van der Waals surface area (Å²) >= 11 is 0. The first-order valence-corrected chi connectivity index (χ1v) is 11.9. The molecule has 0 saturated carbocycles. The topological polar surface area (TPSA) is 31.6 Å². The van der Waals surface area contributed by atoms with Crippen LogP contribution in [0.25, 0.3) is 54.3 Å². The van der Waals surface area contributed by atoms with Crippen molar-refractivity contribution in [1.29, 1.82) is 0 Å². The molecule has 2 heterocycles. The van der Waals surface area contributed by atoms with Gasteiger partial charge < -0.3 is 13.7 Å². The van der Waals surface area contributed by atoms with E-state index in [1.165, 1.54) is 32.3 Å². The van der Waals surface area contributed by atoms with Gasteiger partial charge in [-0.3, -0.25) is 0 Å². The maximum atomic E-state index is 6.41. The number of benzene rings is 5. The predicted molar refractivity (Wildman–Crippen MR) is 142 cm³/mol. The third-order valence-electron chi connectivity index (χ3n) is 7.89. The second-order valence-corrected chi connectivity index (χ2v) is 10.4. The number of furan rings is 1. The molecule has 34 heavy (non-hydrogen) atoms. The highest BCUT2D eigenvalue weighted by atomic mass is 16.7. The minimum atomic E-state index is -0.408. The molecule has 6 aromatic rings. The Morgan fingerprint density at radius 3 is 1.59 bits per heavy atom. The average molecular weight is 444 g/mol. The lowest BCUT2D eigenvalue weighted by atomic mass is 9.79. The molecule has 0 N–H and O–H groups in total. The monoisotopic (exact) mass is 444 g/mol. The van der Waals surface area contributed by atoms with Gasteiger partial charge in [0, 0.05) is 10.8 Å². The van der Waals surface area contributed by atoms with E-state index in [2.05, 4.69) is 107 Å². The second kappa shape index (κ2) is 6.62. The summed E-state index contributed by atoms with van der Waals surface area (Å²) in [6, 6.07) is 28.1. The van der Waals surface area contributed by atoms with Gasteiger partial charge in [-0.2, -0.15) is 0 Å². The summed E-state index contributed by atoms with van der Waals surface area (Å²) < 4.78 is 19.0. The van der Waals surface area contributed by atoms with E-state index in [1.54, 1.807) is 0 Å². The van der Waals surface area contributed by atoms with Gasteiger partial charge in [-0.25, -0.2) is 0 Å². The first-order valence-electron chi connectivity index (χ1n) is 11.9. The highest BCUT2D eigenvalue weighted by molar-refractivity contribution is 6.62. The third-order valence-corrected chi connectivity index (χ3v) is 7.89. The van der Waals surface area contributed by atoms with Crippen LogP contribution in [0.15, 0.2) is 83.3 Å². The Labute approximate surface area is 198 Å². The van der Waals surface area contributed by atoms with Crippen LogP contribution in [0.5, 0.6) is 0 Å². The minimum Gasteiger partial charge on any atom is -0.456 e. The van der Waals surface area contributed by atoms with Gasteiger partial charge in [0.05, 0.1) is 11.2 Å². The Morgan fingerprint density at radius 1 is 0.500 bits per heavy atom. The molecular formula is C30H25BO3. The van der Waals surface area contributed by atoms with Crippen LogP contribution in [-0.2, 0) is 9.31 Å². The highest BCUT2D eigenvalue weighted by Gasteiger charge is 2.51. The van der Waals surface area contributed by atoms with E-state index in [1.807, 2.05) is 0 Å². The SMILES string of the molecule is CC1(C)OB(c2ccc3c(c2)oc2cc4c5ccccc5c5ccccc5c4cc23)OC1(C)C. The van der Waals surface area contributed by atoms with Crippen LogP contribution < -0.4 is 5.46 Å². The molecule has 1 aliphatic rings. The Balaban J connectivity index is 1.48. The van der Waals surface area contributed by atoms with Crippen molar-refractivity contribution in [3.05, 3.63) is 78.9 Å². The van der Waals surface area contributed by atoms with E-state index in [0.717, 1.165) is 27.4 Å². The summed E-state index contributed by atoms with van der Waals surface area (Å²) in [5.41, 5.74) is 1.98. The average Bonchev–Trinajstić information content (AvgIpc) is 3.29. The van der Waals surface area contributed by atoms with Gasteiger partial charge in [-0.1, -0.05) is 60.7 Å². The summed E-state index contributed by atoms with van der Waals surface area (Å²) in [6.07, 6.45) is 0. The second-order valence-electron chi connectivity index (χ2n) is 10.4. The summed E-state index contributed by atoms with van der Waals surface area (Å²) in [4.78, 5) is 0. The van der Waals surface area contributed by atoms with Crippen LogP contribution in [0.3, 0.4) is 0 Å². The number of rotatable bonds is 1. The van der Waals surface area contributed by atoms with Crippen molar-refractivity contribution in [2.75, 3.05) is 0 Å². The van der Waals surface area contributed by atoms with Gasteiger partial charge in [-0.05, 0) is 83.7 Å². The van der Waals surface area contributed by atoms with E-state index in [-0.39, 0.29) is 11.2 Å². The summed E-state index contributed by atoms with van der Waals surface area (Å²) in [7, 11) is -0.408. The maximum Gasteiger partial charge on any atom is 0.494 e. The van der Waals surface area contributed by atoms with Crippen molar-refractivity contribution in [2.45, 2.75) is 38.9 Å². The lowest BCUT2D eigenvalue weighted by Crippen LogP contribution is -2.41. The van der Waals surface area contributed by atoms with Crippen LogP contribution in [-0.4, -0.2) is 18.3 Å². The zero-order valence-electron chi connectivity index (χ0n) is 19.8. The molecule has 166 valence electrons. The molecule has 4 heteroatoms. The third kappa shape index (κ3) is 2.67. The molecule has 7 rings (SSSR count). The molecule has 0 unspecified atom stereocenters. The number of fused-ring (bicyclic) bond motifs is 9. The molecule has 0 aliphatic carbocycles. The lowest BCUT2D eigenvalue weighted by Gasteiger charge is -2.32. The standard InChI is InChI=1S/C30H25BO3/c1-29(2)30(3,4)34-31(33-29)18-13-14-23-26-16-24-21-11-7-5-9-19(21)20-10-6-8-12-22(20)25(24)17-28(26)32-27(23)15-18/h5-17H,1-4H3. The van der Waals surface area contributed by atoms with E-state index in [9.17, 15) is 0 Å². The van der Waals surface area contributed by atoms with Crippen LogP contribution in [0, 0.1) is 0 Å². The van der Waals surface area contributed by atoms with Crippen LogP contribution in [0.4, 0.5) is 0 Å². The van der Waals surface area contributed by atoms with Crippen LogP contribution in [0.1, 0.15) is 27.7 Å². The van der Waals surface area contributed by atoms with Gasteiger partial charge in [0.2, 0.25) is 0 Å². The summed E-state index contributed by atoms with van der Waals surface area (Å²) in [5, 5.41) is 9.76. The molecule has 1 fully saturated rings. The Kier molecular flexibility index (Phi) is 3.91. The predicted octanol–water partition coefficient (Wildman–Crippen LogP) is 7.34. The minimum absolute atomic E-state index is 0.375. The van der Waals surface area contributed by atoms with Gasteiger partial charge in [0.1, 0.15) is 11.2 Å². The zero-order valence-corrected chi connectivity index (χ0v) is 19.8. The van der Waals surface area contributed by atoms with Crippen molar-refractivity contribution >= 4 is 66.8 Å².